The average molecular weight is 1100 g/mol. The first-order valence-corrected chi connectivity index (χ1v) is 27.4. The predicted octanol–water partition coefficient (Wildman–Crippen LogP) is 7.78. The lowest BCUT2D eigenvalue weighted by atomic mass is 10.1. The number of halogens is 1. The van der Waals surface area contributed by atoms with Crippen molar-refractivity contribution in [2.45, 2.75) is 96.5 Å². The van der Waals surface area contributed by atoms with Crippen molar-refractivity contribution in [3.8, 4) is 5.75 Å². The molecule has 76 heavy (non-hydrogen) atoms. The minimum absolute atomic E-state index is 0.0992. The molecular weight excluding hydrogens is 1010 g/mol. The van der Waals surface area contributed by atoms with E-state index >= 15 is 0 Å². The van der Waals surface area contributed by atoms with Crippen LogP contribution in [-0.2, 0) is 73.1 Å². The maximum Gasteiger partial charge on any atom is 0.407 e. The summed E-state index contributed by atoms with van der Waals surface area (Å²) in [5.41, 5.74) is 13.4. The second-order valence-corrected chi connectivity index (χ2v) is 21.0. The third-order valence-corrected chi connectivity index (χ3v) is 15.2. The van der Waals surface area contributed by atoms with Crippen LogP contribution in [0.1, 0.15) is 83.0 Å². The largest absolute Gasteiger partial charge is 0.497 e. The molecule has 0 bridgehead atoms. The number of nitrogens with two attached hydrogens (primary N) is 1. The molecule has 4 aromatic carbocycles. The van der Waals surface area contributed by atoms with Crippen molar-refractivity contribution in [2.75, 3.05) is 94.5 Å². The number of hydrogen-bond acceptors (Lipinski definition) is 14. The Morgan fingerprint density at radius 1 is 0.684 bits per heavy atom. The lowest BCUT2D eigenvalue weighted by molar-refractivity contribution is -0.135. The third-order valence-electron chi connectivity index (χ3n) is 12.9. The maximum atomic E-state index is 13.1. The minimum atomic E-state index is -3.70. The number of rotatable bonds is 19. The molecule has 3 aliphatic heterocycles. The first kappa shape index (κ1) is 64.6. The molecule has 3 fully saturated rings. The number of benzene rings is 4. The van der Waals surface area contributed by atoms with Gasteiger partial charge in [-0.05, 0) is 148 Å². The Kier molecular flexibility index (Phi) is 30.3. The molecule has 0 aliphatic carbocycles. The highest BCUT2D eigenvalue weighted by atomic mass is 35.5. The fraction of sp³-hybridized carbons (Fsp3) is 0.500. The highest BCUT2D eigenvalue weighted by Crippen LogP contribution is 2.28. The van der Waals surface area contributed by atoms with E-state index in [9.17, 15) is 22.8 Å². The second-order valence-electron chi connectivity index (χ2n) is 18.7. The van der Waals surface area contributed by atoms with Crippen LogP contribution in [0.3, 0.4) is 0 Å². The van der Waals surface area contributed by atoms with E-state index in [2.05, 4.69) is 114 Å². The number of alkyl carbamates (subject to hydrolysis) is 1. The molecular formula is C56H82ClN7O11S. The van der Waals surface area contributed by atoms with Gasteiger partial charge in [0.05, 0.1) is 32.8 Å². The van der Waals surface area contributed by atoms with Gasteiger partial charge in [-0.25, -0.2) is 18.0 Å². The zero-order valence-corrected chi connectivity index (χ0v) is 47.2. The fourth-order valence-corrected chi connectivity index (χ4v) is 10.2. The Balaban J connectivity index is 0.000000313. The Bertz CT molecular complexity index is 2410. The number of nitrogens with zero attached hydrogens (tertiary/aromatic N) is 5. The molecule has 7 rings (SSSR count). The lowest BCUT2D eigenvalue weighted by Crippen LogP contribution is -2.33. The molecule has 0 aromatic heterocycles. The average Bonchev–Trinajstić information content (AvgIpc) is 4.25. The summed E-state index contributed by atoms with van der Waals surface area (Å²) < 4.78 is 46.6. The fourth-order valence-electron chi connectivity index (χ4n) is 8.67. The van der Waals surface area contributed by atoms with Gasteiger partial charge in [0.2, 0.25) is 15.9 Å². The minimum Gasteiger partial charge on any atom is -0.497 e. The van der Waals surface area contributed by atoms with E-state index < -0.39 is 21.5 Å². The molecule has 2 amide bonds. The quantitative estimate of drug-likeness (QED) is 0.0465. The van der Waals surface area contributed by atoms with Gasteiger partial charge in [-0.15, -0.1) is 0 Å². The molecule has 3 heterocycles. The molecule has 0 spiro atoms. The van der Waals surface area contributed by atoms with Gasteiger partial charge in [0.15, 0.2) is 0 Å². The first-order chi connectivity index (χ1) is 36.5. The van der Waals surface area contributed by atoms with Crippen molar-refractivity contribution in [1.29, 1.82) is 0 Å². The molecule has 3 aliphatic rings. The number of ether oxygens (including phenoxy) is 4. The van der Waals surface area contributed by atoms with E-state index in [1.807, 2.05) is 0 Å². The number of carbonyl (C=O) groups is 4. The normalized spacial score (nSPS) is 14.3. The lowest BCUT2D eigenvalue weighted by Gasteiger charge is -2.21. The van der Waals surface area contributed by atoms with Crippen LogP contribution >= 0.6 is 11.6 Å². The van der Waals surface area contributed by atoms with Crippen molar-refractivity contribution in [1.82, 2.24) is 29.2 Å². The summed E-state index contributed by atoms with van der Waals surface area (Å²) >= 11 is 4.60. The van der Waals surface area contributed by atoms with Crippen molar-refractivity contribution in [3.63, 3.8) is 0 Å². The zero-order chi connectivity index (χ0) is 55.9. The second kappa shape index (κ2) is 35.6. The number of likely N-dealkylation sites (N-methyl/N-ethyl adjacent to an activating group) is 2. The molecule has 0 atom stereocenters. The van der Waals surface area contributed by atoms with Crippen molar-refractivity contribution < 1.29 is 51.6 Å². The standard InChI is InChI=1S/C27H39N3O5S.C14H20N2O2.C12H18N2.C2H3ClO2.CH2O2/c1-21-16-25(34-5)17-22(2)27(21)36(32,33)29(4)14-15-35-20-26(31)28(3)18-23-8-10-24(11-9-23)19-30-12-6-7-13-30;1-18-14(17)15-10-12-4-6-13(7-5-12)11-16-8-2-3-9-16;13-9-11-3-5-12(6-4-11)10-14-7-1-2-8-14;1-5-2(3)4;2-1-3/h8-11,16-17H,6-7,12-15,18-20H2,1-5H3;4-7H,2-3,8-11H2,1H3,(H,15,17);3-6H,1-2,7-10,13H2;1H3;1H,(H,2,3). The summed E-state index contributed by atoms with van der Waals surface area (Å²) in [6, 6.07) is 28.8. The van der Waals surface area contributed by atoms with Crippen LogP contribution in [-0.4, -0.2) is 156 Å². The van der Waals surface area contributed by atoms with E-state index in [0.29, 0.717) is 36.5 Å². The number of aryl methyl sites for hydroxylation is 2. The molecule has 18 nitrogen and oxygen atoms in total. The smallest absolute Gasteiger partial charge is 0.407 e. The summed E-state index contributed by atoms with van der Waals surface area (Å²) in [5.74, 6) is 0.471. The summed E-state index contributed by atoms with van der Waals surface area (Å²) in [4.78, 5) is 50.5. The number of sulfonamides is 1. The van der Waals surface area contributed by atoms with E-state index in [0.717, 1.165) is 30.8 Å². The zero-order valence-electron chi connectivity index (χ0n) is 45.6. The maximum absolute atomic E-state index is 13.1. The predicted molar refractivity (Wildman–Crippen MR) is 297 cm³/mol. The van der Waals surface area contributed by atoms with Crippen LogP contribution in [0.25, 0.3) is 0 Å². The van der Waals surface area contributed by atoms with E-state index in [4.69, 9.17) is 25.1 Å². The van der Waals surface area contributed by atoms with Crippen molar-refractivity contribution >= 4 is 45.5 Å². The number of carboxylic acid groups (broad SMARTS) is 1. The van der Waals surface area contributed by atoms with Crippen LogP contribution in [0, 0.1) is 13.8 Å². The molecule has 0 saturated carbocycles. The molecule has 0 radical (unpaired) electrons. The van der Waals surface area contributed by atoms with Crippen LogP contribution in [0.2, 0.25) is 0 Å². The van der Waals surface area contributed by atoms with Gasteiger partial charge in [0.1, 0.15) is 12.4 Å². The number of amides is 2. The molecule has 3 saturated heterocycles. The monoisotopic (exact) mass is 1100 g/mol. The van der Waals surface area contributed by atoms with Crippen LogP contribution in [0.4, 0.5) is 9.59 Å². The molecule has 20 heteroatoms. The number of hydrogen-bond donors (Lipinski definition) is 3. The first-order valence-electron chi connectivity index (χ1n) is 25.6. The third kappa shape index (κ3) is 24.1. The SMILES string of the molecule is COC(=O)Cl.COC(=O)NCc1ccc(CN2CCCC2)cc1.COc1cc(C)c(S(=O)(=O)N(C)CCOCC(=O)N(C)Cc2ccc(CN3CCCC3)cc2)c(C)c1.NCc1ccc(CN2CCCC2)cc1.O=CO. The van der Waals surface area contributed by atoms with Gasteiger partial charge in [-0.1, -0.05) is 72.8 Å². The van der Waals surface area contributed by atoms with Gasteiger partial charge >= 0.3 is 11.5 Å². The van der Waals surface area contributed by atoms with Crippen molar-refractivity contribution in [2.24, 2.45) is 5.73 Å². The summed E-state index contributed by atoms with van der Waals surface area (Å²) in [6.45, 7) is 15.5. The van der Waals surface area contributed by atoms with Gasteiger partial charge in [-0.3, -0.25) is 24.3 Å². The topological polar surface area (TPSA) is 214 Å². The summed E-state index contributed by atoms with van der Waals surface area (Å²) in [7, 11) is 3.71. The van der Waals surface area contributed by atoms with Gasteiger partial charge in [0, 0.05) is 71.5 Å². The highest BCUT2D eigenvalue weighted by Gasteiger charge is 2.26. The Hall–Kier alpha value is -5.64. The number of nitrogens with one attached hydrogen (secondary N) is 1. The van der Waals surface area contributed by atoms with Gasteiger partial charge in [-0.2, -0.15) is 4.31 Å². The number of carbonyl (C=O) groups excluding carboxylic acids is 3. The van der Waals surface area contributed by atoms with Crippen LogP contribution in [0.5, 0.6) is 5.75 Å². The molecule has 0 unspecified atom stereocenters. The molecule has 4 N–H and O–H groups in total. The molecule has 4 aromatic rings. The Morgan fingerprint density at radius 3 is 1.43 bits per heavy atom. The van der Waals surface area contributed by atoms with E-state index in [1.54, 1.807) is 45.0 Å². The van der Waals surface area contributed by atoms with E-state index in [1.165, 1.54) is 126 Å². The Labute approximate surface area is 456 Å². The van der Waals surface area contributed by atoms with Gasteiger partial charge < -0.3 is 40.0 Å². The van der Waals surface area contributed by atoms with Crippen LogP contribution in [0.15, 0.2) is 89.8 Å². The van der Waals surface area contributed by atoms with Gasteiger partial charge in [0.25, 0.3) is 6.47 Å². The van der Waals surface area contributed by atoms with Crippen molar-refractivity contribution in [3.05, 3.63) is 129 Å². The van der Waals surface area contributed by atoms with E-state index in [-0.39, 0.29) is 37.0 Å². The number of methoxy groups -OCH3 is 3. The van der Waals surface area contributed by atoms with Crippen LogP contribution < -0.4 is 15.8 Å². The summed E-state index contributed by atoms with van der Waals surface area (Å²) in [6.07, 6.45) is 7.53. The summed E-state index contributed by atoms with van der Waals surface area (Å²) in [5, 5.41) is 9.56. The highest BCUT2D eigenvalue weighted by molar-refractivity contribution is 7.89. The number of likely N-dealkylation sites (tertiary alicyclic amines) is 3. The Morgan fingerprint density at radius 2 is 1.07 bits per heavy atom. The molecule has 420 valence electrons.